The summed E-state index contributed by atoms with van der Waals surface area (Å²) in [6.07, 6.45) is 0. The molecular weight excluding hydrogens is 256 g/mol. The molecule has 0 unspecified atom stereocenters. The quantitative estimate of drug-likeness (QED) is 0.712. The summed E-state index contributed by atoms with van der Waals surface area (Å²) in [5.74, 6) is -1.01. The maximum absolute atomic E-state index is 13.1. The zero-order valence-corrected chi connectivity index (χ0v) is 8.64. The van der Waals surface area contributed by atoms with Crippen molar-refractivity contribution in [2.24, 2.45) is 4.99 Å². The van der Waals surface area contributed by atoms with E-state index in [-0.39, 0.29) is 10.4 Å². The van der Waals surface area contributed by atoms with Crippen LogP contribution in [0.3, 0.4) is 0 Å². The first-order chi connectivity index (χ1) is 6.68. The van der Waals surface area contributed by atoms with Crippen molar-refractivity contribution >= 4 is 21.8 Å². The van der Waals surface area contributed by atoms with Crippen molar-refractivity contribution in [3.05, 3.63) is 33.8 Å². The second kappa shape index (κ2) is 3.65. The number of rotatable bonds is 1. The molecule has 1 aliphatic rings. The first kappa shape index (κ1) is 9.58. The van der Waals surface area contributed by atoms with Gasteiger partial charge in [-0.05, 0) is 22.0 Å². The van der Waals surface area contributed by atoms with Crippen LogP contribution in [-0.2, 0) is 4.74 Å². The average Bonchev–Trinajstić information content (AvgIpc) is 2.63. The van der Waals surface area contributed by atoms with Crippen molar-refractivity contribution in [2.45, 2.75) is 0 Å². The Hall–Kier alpha value is -0.970. The molecule has 1 heterocycles. The van der Waals surface area contributed by atoms with Crippen molar-refractivity contribution in [1.82, 2.24) is 0 Å². The maximum Gasteiger partial charge on any atom is 0.217 e. The summed E-state index contributed by atoms with van der Waals surface area (Å²) < 4.78 is 31.3. The van der Waals surface area contributed by atoms with E-state index in [1.54, 1.807) is 0 Å². The number of benzene rings is 1. The van der Waals surface area contributed by atoms with E-state index in [4.69, 9.17) is 4.74 Å². The van der Waals surface area contributed by atoms with Crippen LogP contribution in [0.1, 0.15) is 5.56 Å². The molecule has 5 heteroatoms. The lowest BCUT2D eigenvalue weighted by atomic mass is 10.2. The average molecular weight is 262 g/mol. The van der Waals surface area contributed by atoms with E-state index in [0.717, 1.165) is 6.07 Å². The molecule has 0 N–H and O–H groups in total. The standard InChI is InChI=1S/C9H6BrF2NO/c10-8-6(9-13-1-2-14-9)3-5(11)4-7(8)12/h3-4H,1-2H2. The minimum absolute atomic E-state index is 0.180. The van der Waals surface area contributed by atoms with E-state index < -0.39 is 11.6 Å². The highest BCUT2D eigenvalue weighted by atomic mass is 79.9. The van der Waals surface area contributed by atoms with E-state index >= 15 is 0 Å². The Bertz CT molecular complexity index is 406. The molecule has 0 amide bonds. The number of ether oxygens (including phenoxy) is 1. The first-order valence-electron chi connectivity index (χ1n) is 4.00. The van der Waals surface area contributed by atoms with Crippen molar-refractivity contribution in [1.29, 1.82) is 0 Å². The molecule has 0 saturated carbocycles. The Kier molecular flexibility index (Phi) is 2.50. The minimum atomic E-state index is -0.654. The van der Waals surface area contributed by atoms with Gasteiger partial charge in [0.2, 0.25) is 5.90 Å². The number of nitrogens with zero attached hydrogens (tertiary/aromatic N) is 1. The lowest BCUT2D eigenvalue weighted by Crippen LogP contribution is -2.04. The van der Waals surface area contributed by atoms with Crippen LogP contribution in [0.5, 0.6) is 0 Å². The molecule has 0 fully saturated rings. The Balaban J connectivity index is 2.51. The fraction of sp³-hybridized carbons (Fsp3) is 0.222. The monoisotopic (exact) mass is 261 g/mol. The summed E-state index contributed by atoms with van der Waals surface area (Å²) in [6.45, 7) is 0.986. The second-order valence-electron chi connectivity index (χ2n) is 2.78. The summed E-state index contributed by atoms with van der Waals surface area (Å²) in [5.41, 5.74) is 0.319. The molecule has 1 aliphatic heterocycles. The number of hydrogen-bond acceptors (Lipinski definition) is 2. The predicted octanol–water partition coefficient (Wildman–Crippen LogP) is 2.50. The lowest BCUT2D eigenvalue weighted by Gasteiger charge is -2.05. The van der Waals surface area contributed by atoms with Crippen LogP contribution in [-0.4, -0.2) is 19.0 Å². The van der Waals surface area contributed by atoms with Gasteiger partial charge in [0, 0.05) is 6.07 Å². The number of halogens is 3. The van der Waals surface area contributed by atoms with Crippen molar-refractivity contribution in [2.75, 3.05) is 13.2 Å². The zero-order chi connectivity index (χ0) is 10.1. The summed E-state index contributed by atoms with van der Waals surface area (Å²) >= 11 is 3.02. The fourth-order valence-electron chi connectivity index (χ4n) is 1.21. The van der Waals surface area contributed by atoms with Gasteiger partial charge < -0.3 is 4.74 Å². The van der Waals surface area contributed by atoms with Gasteiger partial charge in [0.25, 0.3) is 0 Å². The Morgan fingerprint density at radius 3 is 2.79 bits per heavy atom. The SMILES string of the molecule is Fc1cc(F)c(Br)c(C2=NCCO2)c1. The predicted molar refractivity (Wildman–Crippen MR) is 51.4 cm³/mol. The summed E-state index contributed by atoms with van der Waals surface area (Å²) in [7, 11) is 0. The van der Waals surface area contributed by atoms with Crippen LogP contribution >= 0.6 is 15.9 Å². The molecule has 74 valence electrons. The Morgan fingerprint density at radius 1 is 1.36 bits per heavy atom. The molecule has 1 aromatic rings. The molecule has 0 aromatic heterocycles. The molecule has 0 aliphatic carbocycles. The van der Waals surface area contributed by atoms with Crippen LogP contribution in [0.25, 0.3) is 0 Å². The second-order valence-corrected chi connectivity index (χ2v) is 3.58. The van der Waals surface area contributed by atoms with Gasteiger partial charge in [-0.15, -0.1) is 0 Å². The molecule has 1 aromatic carbocycles. The van der Waals surface area contributed by atoms with Gasteiger partial charge in [-0.2, -0.15) is 0 Å². The molecule has 0 atom stereocenters. The largest absolute Gasteiger partial charge is 0.475 e. The molecule has 2 nitrogen and oxygen atoms in total. The van der Waals surface area contributed by atoms with Crippen molar-refractivity contribution in [3.8, 4) is 0 Å². The maximum atomic E-state index is 13.1. The molecule has 0 saturated heterocycles. The van der Waals surface area contributed by atoms with Gasteiger partial charge in [-0.3, -0.25) is 0 Å². The van der Waals surface area contributed by atoms with Gasteiger partial charge in [0.15, 0.2) is 0 Å². The highest BCUT2D eigenvalue weighted by Crippen LogP contribution is 2.24. The Morgan fingerprint density at radius 2 is 2.14 bits per heavy atom. The number of aliphatic imine (C=N–C) groups is 1. The summed E-state index contributed by atoms with van der Waals surface area (Å²) in [5, 5.41) is 0. The van der Waals surface area contributed by atoms with E-state index in [9.17, 15) is 8.78 Å². The van der Waals surface area contributed by atoms with E-state index in [1.807, 2.05) is 0 Å². The molecule has 2 rings (SSSR count). The summed E-state index contributed by atoms with van der Waals surface area (Å²) in [6, 6.07) is 2.00. The molecule has 0 spiro atoms. The van der Waals surface area contributed by atoms with Crippen molar-refractivity contribution < 1.29 is 13.5 Å². The third-order valence-electron chi connectivity index (χ3n) is 1.81. The topological polar surface area (TPSA) is 21.6 Å². The van der Waals surface area contributed by atoms with Gasteiger partial charge in [0.05, 0.1) is 16.6 Å². The normalized spacial score (nSPS) is 15.2. The van der Waals surface area contributed by atoms with E-state index in [1.165, 1.54) is 6.07 Å². The molecule has 0 radical (unpaired) electrons. The number of hydrogen-bond donors (Lipinski definition) is 0. The Labute approximate surface area is 87.7 Å². The molecule has 14 heavy (non-hydrogen) atoms. The highest BCUT2D eigenvalue weighted by molar-refractivity contribution is 9.10. The van der Waals surface area contributed by atoms with Gasteiger partial charge in [0.1, 0.15) is 18.2 Å². The van der Waals surface area contributed by atoms with Crippen LogP contribution in [0.2, 0.25) is 0 Å². The van der Waals surface area contributed by atoms with Gasteiger partial charge >= 0.3 is 0 Å². The zero-order valence-electron chi connectivity index (χ0n) is 7.06. The fourth-order valence-corrected chi connectivity index (χ4v) is 1.61. The van der Waals surface area contributed by atoms with Gasteiger partial charge in [-0.25, -0.2) is 13.8 Å². The third kappa shape index (κ3) is 1.64. The molecule has 0 bridgehead atoms. The minimum Gasteiger partial charge on any atom is -0.475 e. The lowest BCUT2D eigenvalue weighted by molar-refractivity contribution is 0.348. The van der Waals surface area contributed by atoms with E-state index in [0.29, 0.717) is 18.7 Å². The van der Waals surface area contributed by atoms with Crippen LogP contribution in [0.4, 0.5) is 8.78 Å². The smallest absolute Gasteiger partial charge is 0.217 e. The first-order valence-corrected chi connectivity index (χ1v) is 4.80. The van der Waals surface area contributed by atoms with Crippen molar-refractivity contribution in [3.63, 3.8) is 0 Å². The summed E-state index contributed by atoms with van der Waals surface area (Å²) in [4.78, 5) is 3.98. The van der Waals surface area contributed by atoms with Crippen LogP contribution in [0.15, 0.2) is 21.6 Å². The van der Waals surface area contributed by atoms with E-state index in [2.05, 4.69) is 20.9 Å². The van der Waals surface area contributed by atoms with Crippen LogP contribution < -0.4 is 0 Å². The van der Waals surface area contributed by atoms with Gasteiger partial charge in [-0.1, -0.05) is 0 Å². The third-order valence-corrected chi connectivity index (χ3v) is 2.61. The highest BCUT2D eigenvalue weighted by Gasteiger charge is 2.17. The molecular formula is C9H6BrF2NO. The van der Waals surface area contributed by atoms with Crippen LogP contribution in [0, 0.1) is 11.6 Å².